The van der Waals surface area contributed by atoms with Gasteiger partial charge in [0.15, 0.2) is 0 Å². The number of rotatable bonds is 4. The van der Waals surface area contributed by atoms with Crippen LogP contribution < -0.4 is 0 Å². The summed E-state index contributed by atoms with van der Waals surface area (Å²) in [7, 11) is 0. The van der Waals surface area contributed by atoms with Gasteiger partial charge >= 0.3 is 0 Å². The predicted octanol–water partition coefficient (Wildman–Crippen LogP) is 2.60. The molecule has 1 saturated heterocycles. The molecule has 5 rings (SSSR count). The summed E-state index contributed by atoms with van der Waals surface area (Å²) in [5, 5.41) is 39.9. The maximum atomic E-state index is 16.2. The molecule has 12 atom stereocenters. The minimum absolute atomic E-state index is 0.0148. The highest BCUT2D eigenvalue weighted by Crippen LogP contribution is 2.77. The number of ether oxygens (including phenoxy) is 1. The van der Waals surface area contributed by atoms with Gasteiger partial charge in [-0.05, 0) is 73.7 Å². The first kappa shape index (κ1) is 22.3. The summed E-state index contributed by atoms with van der Waals surface area (Å²) in [6.45, 7) is 10.3. The molecule has 1 aliphatic heterocycles. The Morgan fingerprint density at radius 2 is 1.81 bits per heavy atom. The molecule has 5 fully saturated rings. The molecule has 1 heterocycles. The summed E-state index contributed by atoms with van der Waals surface area (Å²) in [5.74, 6) is 0.877. The lowest BCUT2D eigenvalue weighted by atomic mass is 9.40. The monoisotopic (exact) mass is 438 g/mol. The van der Waals surface area contributed by atoms with E-state index in [0.29, 0.717) is 24.7 Å². The van der Waals surface area contributed by atoms with Crippen LogP contribution in [0.3, 0.4) is 0 Å². The molecule has 4 N–H and O–H groups in total. The van der Waals surface area contributed by atoms with Crippen molar-refractivity contribution >= 4 is 0 Å². The van der Waals surface area contributed by atoms with Crippen molar-refractivity contribution < 1.29 is 29.6 Å². The molecule has 5 aliphatic rings. The molecule has 0 aromatic carbocycles. The quantitative estimate of drug-likeness (QED) is 0.400. The van der Waals surface area contributed by atoms with Crippen LogP contribution in [0.15, 0.2) is 12.2 Å². The van der Waals surface area contributed by atoms with Crippen molar-refractivity contribution in [3.05, 3.63) is 12.2 Å². The second-order valence-electron chi connectivity index (χ2n) is 11.9. The molecule has 4 saturated carbocycles. The molecular weight excluding hydrogens is 399 g/mol. The van der Waals surface area contributed by atoms with E-state index >= 15 is 4.39 Å². The highest BCUT2D eigenvalue weighted by molar-refractivity contribution is 5.38. The zero-order valence-electron chi connectivity index (χ0n) is 19.1. The summed E-state index contributed by atoms with van der Waals surface area (Å²) in [4.78, 5) is 0. The minimum Gasteiger partial charge on any atom is -0.394 e. The Kier molecular flexibility index (Phi) is 4.85. The van der Waals surface area contributed by atoms with Crippen LogP contribution in [0.2, 0.25) is 0 Å². The van der Waals surface area contributed by atoms with Crippen molar-refractivity contribution in [1.82, 2.24) is 0 Å². The summed E-state index contributed by atoms with van der Waals surface area (Å²) < 4.78 is 22.7. The standard InChI is InChI=1S/C25H39FO5/c1-13-9-15(18(29)11-27)10-25-21(31-25)14(2)20-16-6-8-24(26,19(30)12-28)22(16,3)7-5-17(20)23(13,25)4/h13,15-21,27-30H,2,5-12H2,1,3-4H3/t13?,15?,16-,17+,18?,19?,20-,21?,22-,23+,24?,25?/m0/s1. The van der Waals surface area contributed by atoms with Crippen LogP contribution >= 0.6 is 0 Å². The average molecular weight is 439 g/mol. The van der Waals surface area contributed by atoms with E-state index in [2.05, 4.69) is 20.4 Å². The van der Waals surface area contributed by atoms with Crippen molar-refractivity contribution in [2.45, 2.75) is 88.9 Å². The van der Waals surface area contributed by atoms with Crippen LogP contribution in [0, 0.1) is 40.4 Å². The number of aliphatic hydroxyl groups is 4. The molecule has 0 bridgehead atoms. The molecule has 0 radical (unpaired) electrons. The summed E-state index contributed by atoms with van der Waals surface area (Å²) in [6.07, 6.45) is 1.95. The van der Waals surface area contributed by atoms with Crippen LogP contribution in [0.25, 0.3) is 0 Å². The van der Waals surface area contributed by atoms with Crippen molar-refractivity contribution in [2.24, 2.45) is 40.4 Å². The third kappa shape index (κ3) is 2.44. The van der Waals surface area contributed by atoms with E-state index in [1.807, 2.05) is 6.92 Å². The molecule has 31 heavy (non-hydrogen) atoms. The molecule has 7 unspecified atom stereocenters. The number of fused-ring (bicyclic) bond motifs is 4. The third-order valence-corrected chi connectivity index (χ3v) is 11.2. The molecule has 4 aliphatic carbocycles. The van der Waals surface area contributed by atoms with Gasteiger partial charge in [-0.15, -0.1) is 0 Å². The highest BCUT2D eigenvalue weighted by atomic mass is 19.1. The Balaban J connectivity index is 1.52. The highest BCUT2D eigenvalue weighted by Gasteiger charge is 2.80. The Morgan fingerprint density at radius 1 is 1.13 bits per heavy atom. The number of aliphatic hydroxyl groups excluding tert-OH is 4. The number of epoxide rings is 1. The van der Waals surface area contributed by atoms with E-state index in [4.69, 9.17) is 4.74 Å². The molecule has 176 valence electrons. The first-order valence-corrected chi connectivity index (χ1v) is 12.1. The van der Waals surface area contributed by atoms with Gasteiger partial charge in [0.05, 0.1) is 19.3 Å². The fourth-order valence-corrected chi connectivity index (χ4v) is 9.26. The Labute approximate surface area is 184 Å². The van der Waals surface area contributed by atoms with Crippen LogP contribution in [-0.2, 0) is 4.74 Å². The minimum atomic E-state index is -1.77. The molecule has 6 heteroatoms. The lowest BCUT2D eigenvalue weighted by Gasteiger charge is -2.62. The van der Waals surface area contributed by atoms with Crippen molar-refractivity contribution in [3.63, 3.8) is 0 Å². The molecule has 0 amide bonds. The lowest BCUT2D eigenvalue weighted by molar-refractivity contribution is -0.162. The van der Waals surface area contributed by atoms with Crippen molar-refractivity contribution in [1.29, 1.82) is 0 Å². The van der Waals surface area contributed by atoms with E-state index in [1.165, 1.54) is 0 Å². The second kappa shape index (κ2) is 6.75. The molecule has 0 aromatic rings. The zero-order valence-corrected chi connectivity index (χ0v) is 19.1. The van der Waals surface area contributed by atoms with E-state index in [-0.39, 0.29) is 47.9 Å². The molecule has 1 spiro atoms. The first-order chi connectivity index (χ1) is 14.5. The SMILES string of the molecule is C=C1C2OC23CC(C(O)CO)CC(C)[C@]3(C)[C@@H]2CC[C@@]3(C)[C@@H](CCC3(F)C(O)CO)[C@H]12. The average Bonchev–Trinajstić information content (AvgIpc) is 3.42. The zero-order chi connectivity index (χ0) is 22.6. The van der Waals surface area contributed by atoms with Gasteiger partial charge in [-0.25, -0.2) is 4.39 Å². The Bertz CT molecular complexity index is 775. The van der Waals surface area contributed by atoms with E-state index in [0.717, 1.165) is 24.8 Å². The summed E-state index contributed by atoms with van der Waals surface area (Å²) in [5.41, 5.74) is -1.82. The fourth-order valence-electron chi connectivity index (χ4n) is 9.26. The predicted molar refractivity (Wildman–Crippen MR) is 114 cm³/mol. The maximum Gasteiger partial charge on any atom is 0.144 e. The number of halogens is 1. The van der Waals surface area contributed by atoms with Gasteiger partial charge in [-0.3, -0.25) is 0 Å². The first-order valence-electron chi connectivity index (χ1n) is 12.1. The fraction of sp³-hybridized carbons (Fsp3) is 0.920. The van der Waals surface area contributed by atoms with Crippen molar-refractivity contribution in [2.75, 3.05) is 13.2 Å². The second-order valence-corrected chi connectivity index (χ2v) is 11.9. The van der Waals surface area contributed by atoms with Gasteiger partial charge in [0.2, 0.25) is 0 Å². The normalized spacial score (nSPS) is 57.4. The van der Waals surface area contributed by atoms with Gasteiger partial charge in [0.25, 0.3) is 0 Å². The number of hydrogen-bond acceptors (Lipinski definition) is 5. The van der Waals surface area contributed by atoms with Crippen LogP contribution in [0.1, 0.15) is 59.3 Å². The van der Waals surface area contributed by atoms with Gasteiger partial charge in [-0.2, -0.15) is 0 Å². The number of hydrogen-bond donors (Lipinski definition) is 4. The molecule has 5 nitrogen and oxygen atoms in total. The largest absolute Gasteiger partial charge is 0.394 e. The third-order valence-electron chi connectivity index (χ3n) is 11.2. The van der Waals surface area contributed by atoms with Crippen LogP contribution in [0.5, 0.6) is 0 Å². The van der Waals surface area contributed by atoms with Crippen LogP contribution in [-0.4, -0.2) is 63.2 Å². The van der Waals surface area contributed by atoms with E-state index < -0.39 is 29.9 Å². The van der Waals surface area contributed by atoms with Gasteiger partial charge in [0.1, 0.15) is 23.5 Å². The van der Waals surface area contributed by atoms with Gasteiger partial charge in [0, 0.05) is 10.8 Å². The lowest BCUT2D eigenvalue weighted by Crippen LogP contribution is -2.63. The Morgan fingerprint density at radius 3 is 2.45 bits per heavy atom. The smallest absolute Gasteiger partial charge is 0.144 e. The Hall–Kier alpha value is -0.530. The van der Waals surface area contributed by atoms with E-state index in [9.17, 15) is 20.4 Å². The van der Waals surface area contributed by atoms with Gasteiger partial charge in [-0.1, -0.05) is 27.4 Å². The van der Waals surface area contributed by atoms with Gasteiger partial charge < -0.3 is 25.2 Å². The number of alkyl halides is 1. The van der Waals surface area contributed by atoms with Crippen LogP contribution in [0.4, 0.5) is 4.39 Å². The van der Waals surface area contributed by atoms with E-state index in [1.54, 1.807) is 0 Å². The topological polar surface area (TPSA) is 93.5 Å². The van der Waals surface area contributed by atoms with Crippen molar-refractivity contribution in [3.8, 4) is 0 Å². The molecular formula is C25H39FO5. The maximum absolute atomic E-state index is 16.2. The molecule has 0 aromatic heterocycles. The summed E-state index contributed by atoms with van der Waals surface area (Å²) >= 11 is 0. The summed E-state index contributed by atoms with van der Waals surface area (Å²) in [6, 6.07) is 0.